The summed E-state index contributed by atoms with van der Waals surface area (Å²) in [5.41, 5.74) is 5.02. The Morgan fingerprint density at radius 2 is 1.54 bits per heavy atom. The molecular weight excluding hydrogens is 346 g/mol. The molecule has 0 unspecified atom stereocenters. The highest BCUT2D eigenvalue weighted by Gasteiger charge is 2.34. The largest absolute Gasteiger partial charge is 0.337 e. The summed E-state index contributed by atoms with van der Waals surface area (Å²) in [6.45, 7) is 6.38. The zero-order chi connectivity index (χ0) is 19.3. The van der Waals surface area contributed by atoms with E-state index in [-0.39, 0.29) is 0 Å². The maximum atomic E-state index is 4.78. The third kappa shape index (κ3) is 3.99. The summed E-state index contributed by atoms with van der Waals surface area (Å²) < 4.78 is 2.16. The van der Waals surface area contributed by atoms with Gasteiger partial charge in [-0.2, -0.15) is 0 Å². The van der Waals surface area contributed by atoms with Gasteiger partial charge < -0.3 is 4.57 Å². The van der Waals surface area contributed by atoms with Gasteiger partial charge in [0.15, 0.2) is 0 Å². The molecule has 4 heterocycles. The first kappa shape index (κ1) is 18.8. The van der Waals surface area contributed by atoms with Gasteiger partial charge >= 0.3 is 0 Å². The molecule has 0 aliphatic carbocycles. The molecule has 4 rings (SSSR count). The van der Waals surface area contributed by atoms with Crippen molar-refractivity contribution in [2.75, 3.05) is 6.54 Å². The van der Waals surface area contributed by atoms with Gasteiger partial charge in [-0.15, -0.1) is 0 Å². The van der Waals surface area contributed by atoms with E-state index in [4.69, 9.17) is 9.97 Å². The van der Waals surface area contributed by atoms with Crippen LogP contribution >= 0.6 is 0 Å². The first-order valence-electron chi connectivity index (χ1n) is 10.3. The minimum absolute atomic E-state index is 0.351. The lowest BCUT2D eigenvalue weighted by atomic mass is 9.88. The van der Waals surface area contributed by atoms with Gasteiger partial charge in [-0.3, -0.25) is 14.9 Å². The van der Waals surface area contributed by atoms with Gasteiger partial charge in [0.05, 0.1) is 29.8 Å². The highest BCUT2D eigenvalue weighted by Crippen LogP contribution is 2.42. The maximum absolute atomic E-state index is 4.78. The summed E-state index contributed by atoms with van der Waals surface area (Å²) in [4.78, 5) is 16.4. The van der Waals surface area contributed by atoms with Gasteiger partial charge in [-0.25, -0.2) is 4.98 Å². The Balaban J connectivity index is 1.62. The second-order valence-electron chi connectivity index (χ2n) is 7.77. The van der Waals surface area contributed by atoms with Crippen LogP contribution in [0.3, 0.4) is 0 Å². The van der Waals surface area contributed by atoms with Gasteiger partial charge in [0.2, 0.25) is 0 Å². The Hall–Kier alpha value is -2.53. The van der Waals surface area contributed by atoms with E-state index in [1.165, 1.54) is 28.9 Å². The number of nitrogens with zero attached hydrogens (tertiary/aromatic N) is 5. The fourth-order valence-corrected chi connectivity index (χ4v) is 4.50. The number of hydrogen-bond acceptors (Lipinski definition) is 4. The van der Waals surface area contributed by atoms with Gasteiger partial charge in [-0.1, -0.05) is 12.1 Å². The Labute approximate surface area is 167 Å². The number of rotatable bonds is 6. The molecule has 2 atom stereocenters. The molecular formula is C23H29N5. The van der Waals surface area contributed by atoms with Crippen molar-refractivity contribution in [2.24, 2.45) is 0 Å². The molecule has 0 radical (unpaired) electrons. The average molecular weight is 376 g/mol. The molecule has 0 aromatic carbocycles. The second kappa shape index (κ2) is 8.65. The van der Waals surface area contributed by atoms with Crippen LogP contribution in [0.5, 0.6) is 0 Å². The number of hydrogen-bond donors (Lipinski definition) is 0. The van der Waals surface area contributed by atoms with Crippen molar-refractivity contribution in [1.82, 2.24) is 24.4 Å². The second-order valence-corrected chi connectivity index (χ2v) is 7.77. The van der Waals surface area contributed by atoms with E-state index >= 15 is 0 Å². The molecule has 3 aromatic heterocycles. The van der Waals surface area contributed by atoms with Crippen LogP contribution in [0.25, 0.3) is 0 Å². The summed E-state index contributed by atoms with van der Waals surface area (Å²) in [6, 6.07) is 9.13. The standard InChI is InChI=1S/C23H29N5/c1-18-7-4-11-25-22(18)20-9-3-10-21(23-19(2)8-5-12-26-23)28(20)15-6-14-27-16-13-24-17-27/h4-5,7-8,11-13,16-17,20-21H,3,6,9-10,14-15H2,1-2H3/t20-,21+. The lowest BCUT2D eigenvalue weighted by Crippen LogP contribution is -2.38. The molecule has 1 fully saturated rings. The summed E-state index contributed by atoms with van der Waals surface area (Å²) in [5, 5.41) is 0. The van der Waals surface area contributed by atoms with Crippen LogP contribution in [-0.4, -0.2) is 31.0 Å². The molecule has 28 heavy (non-hydrogen) atoms. The molecule has 1 saturated heterocycles. The van der Waals surface area contributed by atoms with Crippen molar-refractivity contribution in [3.05, 3.63) is 77.9 Å². The summed E-state index contributed by atoms with van der Waals surface area (Å²) in [5.74, 6) is 0. The maximum Gasteiger partial charge on any atom is 0.0945 e. The fourth-order valence-electron chi connectivity index (χ4n) is 4.50. The van der Waals surface area contributed by atoms with Gasteiger partial charge in [0.25, 0.3) is 0 Å². The highest BCUT2D eigenvalue weighted by molar-refractivity contribution is 5.25. The van der Waals surface area contributed by atoms with Crippen LogP contribution in [0.15, 0.2) is 55.4 Å². The molecule has 0 bridgehead atoms. The molecule has 3 aromatic rings. The van der Waals surface area contributed by atoms with E-state index < -0.39 is 0 Å². The van der Waals surface area contributed by atoms with Crippen molar-refractivity contribution >= 4 is 0 Å². The lowest BCUT2D eigenvalue weighted by molar-refractivity contribution is 0.0735. The van der Waals surface area contributed by atoms with Crippen molar-refractivity contribution in [3.8, 4) is 0 Å². The van der Waals surface area contributed by atoms with Crippen LogP contribution in [0.2, 0.25) is 0 Å². The van der Waals surface area contributed by atoms with Crippen LogP contribution in [0.1, 0.15) is 60.3 Å². The van der Waals surface area contributed by atoms with Crippen LogP contribution < -0.4 is 0 Å². The smallest absolute Gasteiger partial charge is 0.0945 e. The average Bonchev–Trinajstić information content (AvgIpc) is 3.23. The van der Waals surface area contributed by atoms with E-state index in [2.05, 4.69) is 40.4 Å². The first-order chi connectivity index (χ1) is 13.7. The van der Waals surface area contributed by atoms with Crippen molar-refractivity contribution in [3.63, 3.8) is 0 Å². The minimum Gasteiger partial charge on any atom is -0.337 e. The van der Waals surface area contributed by atoms with Crippen LogP contribution in [0, 0.1) is 13.8 Å². The van der Waals surface area contributed by atoms with Gasteiger partial charge in [0, 0.05) is 37.9 Å². The minimum atomic E-state index is 0.351. The molecule has 146 valence electrons. The number of imidazole rings is 1. The van der Waals surface area contributed by atoms with E-state index in [1.807, 2.05) is 43.2 Å². The number of pyridine rings is 2. The first-order valence-corrected chi connectivity index (χ1v) is 10.3. The van der Waals surface area contributed by atoms with E-state index in [0.717, 1.165) is 32.4 Å². The topological polar surface area (TPSA) is 46.8 Å². The quantitative estimate of drug-likeness (QED) is 0.629. The number of aromatic nitrogens is 4. The summed E-state index contributed by atoms with van der Waals surface area (Å²) >= 11 is 0. The number of aryl methyl sites for hydroxylation is 3. The van der Waals surface area contributed by atoms with E-state index in [1.54, 1.807) is 0 Å². The molecule has 5 nitrogen and oxygen atoms in total. The molecule has 1 aliphatic heterocycles. The highest BCUT2D eigenvalue weighted by atomic mass is 15.2. The van der Waals surface area contributed by atoms with Crippen LogP contribution in [-0.2, 0) is 6.54 Å². The molecule has 0 N–H and O–H groups in total. The summed E-state index contributed by atoms with van der Waals surface area (Å²) in [6.07, 6.45) is 14.3. The van der Waals surface area contributed by atoms with Gasteiger partial charge in [0.1, 0.15) is 0 Å². The van der Waals surface area contributed by atoms with Crippen LogP contribution in [0.4, 0.5) is 0 Å². The molecule has 0 amide bonds. The summed E-state index contributed by atoms with van der Waals surface area (Å²) in [7, 11) is 0. The number of piperidine rings is 1. The third-order valence-corrected chi connectivity index (χ3v) is 5.88. The zero-order valence-electron chi connectivity index (χ0n) is 16.8. The van der Waals surface area contributed by atoms with E-state index in [0.29, 0.717) is 12.1 Å². The predicted molar refractivity (Wildman–Crippen MR) is 111 cm³/mol. The van der Waals surface area contributed by atoms with Crippen molar-refractivity contribution in [2.45, 2.75) is 58.2 Å². The van der Waals surface area contributed by atoms with E-state index in [9.17, 15) is 0 Å². The third-order valence-electron chi connectivity index (χ3n) is 5.88. The predicted octanol–water partition coefficient (Wildman–Crippen LogP) is 4.65. The Bertz CT molecular complexity index is 836. The molecule has 0 saturated carbocycles. The Morgan fingerprint density at radius 3 is 2.07 bits per heavy atom. The monoisotopic (exact) mass is 375 g/mol. The van der Waals surface area contributed by atoms with Crippen molar-refractivity contribution in [1.29, 1.82) is 0 Å². The Kier molecular flexibility index (Phi) is 5.81. The Morgan fingerprint density at radius 1 is 0.893 bits per heavy atom. The fraction of sp³-hybridized carbons (Fsp3) is 0.435. The zero-order valence-corrected chi connectivity index (χ0v) is 16.8. The molecule has 0 spiro atoms. The normalized spacial score (nSPS) is 20.4. The lowest BCUT2D eigenvalue weighted by Gasteiger charge is -2.42. The SMILES string of the molecule is Cc1cccnc1[C@H]1CCC[C@@H](c2ncccc2C)N1CCCn1ccnc1. The van der Waals surface area contributed by atoms with Crippen molar-refractivity contribution < 1.29 is 0 Å². The molecule has 1 aliphatic rings. The number of likely N-dealkylation sites (tertiary alicyclic amines) is 1. The van der Waals surface area contributed by atoms with Gasteiger partial charge in [-0.05, 0) is 62.8 Å². The molecule has 5 heteroatoms.